The maximum atomic E-state index is 11.3. The number of esters is 1. The monoisotopic (exact) mass is 210 g/mol. The Balaban J connectivity index is 2.28. The molecule has 1 aromatic heterocycles. The molecule has 0 amide bonds. The number of ether oxygens (including phenoxy) is 1. The molecule has 0 radical (unpaired) electrons. The molecule has 1 N–H and O–H groups in total. The van der Waals surface area contributed by atoms with Gasteiger partial charge in [-0.1, -0.05) is 0 Å². The van der Waals surface area contributed by atoms with E-state index in [0.29, 0.717) is 0 Å². The molecule has 0 spiro atoms. The minimum Gasteiger partial charge on any atom is -0.467 e. The Morgan fingerprint density at radius 1 is 1.73 bits per heavy atom. The Morgan fingerprint density at radius 3 is 2.80 bits per heavy atom. The van der Waals surface area contributed by atoms with E-state index in [9.17, 15) is 9.90 Å². The third-order valence-electron chi connectivity index (χ3n) is 3.00. The Kier molecular flexibility index (Phi) is 2.26. The van der Waals surface area contributed by atoms with E-state index in [1.165, 1.54) is 7.11 Å². The standard InChI is InChI=1S/C10H14N2O3/c1-12-6-5-11-9(12)10(3-4-10)7(13)8(14)15-2/h5-7,13H,3-4H2,1-2H3. The molecule has 15 heavy (non-hydrogen) atoms. The second-order valence-corrected chi connectivity index (χ2v) is 3.94. The first kappa shape index (κ1) is 10.2. The molecule has 1 unspecified atom stereocenters. The van der Waals surface area contributed by atoms with Crippen LogP contribution in [0.15, 0.2) is 12.4 Å². The van der Waals surface area contributed by atoms with Crippen LogP contribution >= 0.6 is 0 Å². The van der Waals surface area contributed by atoms with Gasteiger partial charge in [-0.2, -0.15) is 0 Å². The van der Waals surface area contributed by atoms with Gasteiger partial charge in [-0.15, -0.1) is 0 Å². The third kappa shape index (κ3) is 1.43. The van der Waals surface area contributed by atoms with E-state index in [0.717, 1.165) is 18.7 Å². The molecule has 1 aromatic rings. The van der Waals surface area contributed by atoms with Gasteiger partial charge in [0.25, 0.3) is 0 Å². The van der Waals surface area contributed by atoms with Crippen molar-refractivity contribution in [1.29, 1.82) is 0 Å². The van der Waals surface area contributed by atoms with Gasteiger partial charge in [-0.05, 0) is 12.8 Å². The number of aliphatic hydroxyl groups is 1. The molecular formula is C10H14N2O3. The minimum atomic E-state index is -1.11. The lowest BCUT2D eigenvalue weighted by molar-refractivity contribution is -0.152. The highest BCUT2D eigenvalue weighted by Crippen LogP contribution is 2.50. The number of aliphatic hydroxyl groups excluding tert-OH is 1. The number of hydrogen-bond acceptors (Lipinski definition) is 4. The Hall–Kier alpha value is -1.36. The highest BCUT2D eigenvalue weighted by molar-refractivity contribution is 5.77. The predicted molar refractivity (Wildman–Crippen MR) is 52.1 cm³/mol. The lowest BCUT2D eigenvalue weighted by Gasteiger charge is -2.19. The van der Waals surface area contributed by atoms with E-state index >= 15 is 0 Å². The number of carbonyl (C=O) groups is 1. The van der Waals surface area contributed by atoms with E-state index in [1.54, 1.807) is 12.4 Å². The van der Waals surface area contributed by atoms with Crippen LogP contribution in [0.3, 0.4) is 0 Å². The molecule has 0 aliphatic heterocycles. The minimum absolute atomic E-state index is 0.522. The normalized spacial score (nSPS) is 19.7. The van der Waals surface area contributed by atoms with Crippen molar-refractivity contribution in [2.24, 2.45) is 7.05 Å². The average Bonchev–Trinajstić information content (AvgIpc) is 2.94. The van der Waals surface area contributed by atoms with Crippen molar-refractivity contribution in [3.05, 3.63) is 18.2 Å². The SMILES string of the molecule is COC(=O)C(O)C1(c2nccn2C)CC1. The number of aryl methyl sites for hydroxylation is 1. The van der Waals surface area contributed by atoms with E-state index in [2.05, 4.69) is 9.72 Å². The van der Waals surface area contributed by atoms with Crippen molar-refractivity contribution in [2.45, 2.75) is 24.4 Å². The van der Waals surface area contributed by atoms with Gasteiger partial charge in [0.1, 0.15) is 5.82 Å². The highest BCUT2D eigenvalue weighted by atomic mass is 16.5. The summed E-state index contributed by atoms with van der Waals surface area (Å²) in [7, 11) is 3.13. The van der Waals surface area contributed by atoms with Gasteiger partial charge in [0.2, 0.25) is 0 Å². The fourth-order valence-corrected chi connectivity index (χ4v) is 1.94. The fourth-order valence-electron chi connectivity index (χ4n) is 1.94. The van der Waals surface area contributed by atoms with E-state index < -0.39 is 17.5 Å². The quantitative estimate of drug-likeness (QED) is 0.712. The van der Waals surface area contributed by atoms with Crippen LogP contribution in [0, 0.1) is 0 Å². The summed E-state index contributed by atoms with van der Waals surface area (Å²) < 4.78 is 6.38. The molecule has 82 valence electrons. The van der Waals surface area contributed by atoms with Crippen molar-refractivity contribution in [3.8, 4) is 0 Å². The van der Waals surface area contributed by atoms with Crippen molar-refractivity contribution >= 4 is 5.97 Å². The predicted octanol–water partition coefficient (Wildman–Crippen LogP) is -0.0144. The maximum Gasteiger partial charge on any atom is 0.335 e. The van der Waals surface area contributed by atoms with Crippen molar-refractivity contribution in [1.82, 2.24) is 9.55 Å². The molecular weight excluding hydrogens is 196 g/mol. The Morgan fingerprint density at radius 2 is 2.40 bits per heavy atom. The van der Waals surface area contributed by atoms with E-state index in [4.69, 9.17) is 0 Å². The smallest absolute Gasteiger partial charge is 0.335 e. The third-order valence-corrected chi connectivity index (χ3v) is 3.00. The average molecular weight is 210 g/mol. The maximum absolute atomic E-state index is 11.3. The fraction of sp³-hybridized carbons (Fsp3) is 0.600. The number of rotatable bonds is 3. The summed E-state index contributed by atoms with van der Waals surface area (Å²) in [5, 5.41) is 9.88. The molecule has 1 saturated carbocycles. The van der Waals surface area contributed by atoms with Crippen LogP contribution in [-0.4, -0.2) is 33.8 Å². The van der Waals surface area contributed by atoms with Crippen LogP contribution in [-0.2, 0) is 22.0 Å². The summed E-state index contributed by atoms with van der Waals surface area (Å²) in [5.41, 5.74) is -0.522. The second-order valence-electron chi connectivity index (χ2n) is 3.94. The zero-order chi connectivity index (χ0) is 11.1. The number of hydrogen-bond donors (Lipinski definition) is 1. The summed E-state index contributed by atoms with van der Waals surface area (Å²) in [5.74, 6) is 0.163. The first-order valence-corrected chi connectivity index (χ1v) is 4.85. The molecule has 0 bridgehead atoms. The lowest BCUT2D eigenvalue weighted by Crippen LogP contribution is -2.36. The highest BCUT2D eigenvalue weighted by Gasteiger charge is 2.56. The van der Waals surface area contributed by atoms with Crippen LogP contribution in [0.2, 0.25) is 0 Å². The number of nitrogens with zero attached hydrogens (tertiary/aromatic N) is 2. The van der Waals surface area contributed by atoms with Crippen LogP contribution in [0.4, 0.5) is 0 Å². The van der Waals surface area contributed by atoms with Crippen LogP contribution in [0.25, 0.3) is 0 Å². The van der Waals surface area contributed by atoms with Gasteiger partial charge < -0.3 is 14.4 Å². The molecule has 0 aromatic carbocycles. The zero-order valence-corrected chi connectivity index (χ0v) is 8.80. The Bertz CT molecular complexity index is 382. The van der Waals surface area contributed by atoms with Gasteiger partial charge in [-0.3, -0.25) is 0 Å². The summed E-state index contributed by atoms with van der Waals surface area (Å²) in [6.07, 6.45) is 3.91. The van der Waals surface area contributed by atoms with Crippen molar-refractivity contribution in [3.63, 3.8) is 0 Å². The second kappa shape index (κ2) is 3.34. The van der Waals surface area contributed by atoms with Crippen LogP contribution < -0.4 is 0 Å². The molecule has 1 heterocycles. The molecule has 1 fully saturated rings. The molecule has 1 aliphatic rings. The molecule has 5 heteroatoms. The molecule has 5 nitrogen and oxygen atoms in total. The van der Waals surface area contributed by atoms with Gasteiger partial charge in [0.05, 0.1) is 12.5 Å². The summed E-state index contributed by atoms with van der Waals surface area (Å²) in [4.78, 5) is 15.5. The molecule has 0 saturated heterocycles. The van der Waals surface area contributed by atoms with Gasteiger partial charge in [0, 0.05) is 19.4 Å². The van der Waals surface area contributed by atoms with E-state index in [1.807, 2.05) is 11.6 Å². The number of imidazole rings is 1. The van der Waals surface area contributed by atoms with Gasteiger partial charge in [-0.25, -0.2) is 9.78 Å². The number of carbonyl (C=O) groups excluding carboxylic acids is 1. The molecule has 1 aliphatic carbocycles. The zero-order valence-electron chi connectivity index (χ0n) is 8.80. The molecule has 1 atom stereocenters. The Labute approximate surface area is 87.7 Å². The van der Waals surface area contributed by atoms with Crippen LogP contribution in [0.5, 0.6) is 0 Å². The van der Waals surface area contributed by atoms with Gasteiger partial charge >= 0.3 is 5.97 Å². The largest absolute Gasteiger partial charge is 0.467 e. The van der Waals surface area contributed by atoms with Crippen LogP contribution in [0.1, 0.15) is 18.7 Å². The number of aromatic nitrogens is 2. The summed E-state index contributed by atoms with van der Waals surface area (Å²) in [6, 6.07) is 0. The molecule has 2 rings (SSSR count). The first-order valence-electron chi connectivity index (χ1n) is 4.85. The van der Waals surface area contributed by atoms with Gasteiger partial charge in [0.15, 0.2) is 6.10 Å². The number of methoxy groups -OCH3 is 1. The lowest BCUT2D eigenvalue weighted by atomic mass is 9.98. The van der Waals surface area contributed by atoms with E-state index in [-0.39, 0.29) is 0 Å². The first-order chi connectivity index (χ1) is 7.12. The van der Waals surface area contributed by atoms with Crippen molar-refractivity contribution < 1.29 is 14.6 Å². The topological polar surface area (TPSA) is 64.3 Å². The summed E-state index contributed by atoms with van der Waals surface area (Å²) >= 11 is 0. The summed E-state index contributed by atoms with van der Waals surface area (Å²) in [6.45, 7) is 0. The van der Waals surface area contributed by atoms with Crippen molar-refractivity contribution in [2.75, 3.05) is 7.11 Å².